The van der Waals surface area contributed by atoms with Gasteiger partial charge in [-0.2, -0.15) is 0 Å². The van der Waals surface area contributed by atoms with Gasteiger partial charge in [-0.3, -0.25) is 19.2 Å². The predicted octanol–water partition coefficient (Wildman–Crippen LogP) is 1.40. The summed E-state index contributed by atoms with van der Waals surface area (Å²) >= 11 is 1.98. The summed E-state index contributed by atoms with van der Waals surface area (Å²) in [4.78, 5) is 60.3. The average molecular weight is 581 g/mol. The molecule has 6 N–H and O–H groups in total. The van der Waals surface area contributed by atoms with Crippen molar-refractivity contribution in [1.82, 2.24) is 21.3 Å². The van der Waals surface area contributed by atoms with Crippen LogP contribution in [-0.4, -0.2) is 59.1 Å². The molecule has 0 unspecified atom stereocenters. The number of nitrogens with two attached hydrogens (primary N) is 1. The van der Waals surface area contributed by atoms with Gasteiger partial charge in [0.25, 0.3) is 0 Å². The van der Waals surface area contributed by atoms with Crippen LogP contribution >= 0.6 is 22.6 Å². The topological polar surface area (TPSA) is 159 Å². The second-order valence-electron chi connectivity index (χ2n) is 9.34. The van der Waals surface area contributed by atoms with Gasteiger partial charge in [0, 0.05) is 24.9 Å². The highest BCUT2D eigenvalue weighted by Gasteiger charge is 2.33. The molecule has 33 heavy (non-hydrogen) atoms. The SMILES string of the molecule is CC(C)[C@H](NC(=O)CCCCNC(=O)CI)C(=O)N[C@@H](CCCNC(N)=O)C(=O)C(C)(C)C. The molecule has 0 aliphatic rings. The molecule has 0 saturated heterocycles. The fourth-order valence-electron chi connectivity index (χ4n) is 3.04. The number of carbonyl (C=O) groups is 5. The zero-order valence-electron chi connectivity index (χ0n) is 20.4. The molecule has 10 nitrogen and oxygen atoms in total. The Bertz CT molecular complexity index is 679. The molecule has 2 atom stereocenters. The highest BCUT2D eigenvalue weighted by Crippen LogP contribution is 2.19. The standard InChI is InChI=1S/C22H40IN5O5/c1-14(2)18(28-16(29)10-6-7-11-25-17(30)13-23)20(32)27-15(19(31)22(3,4)5)9-8-12-26-21(24)33/h14-15,18H,6-13H2,1-5H3,(H,25,30)(H,27,32)(H,28,29)(H3,24,26,33)/t15-,18-/m0/s1. The van der Waals surface area contributed by atoms with E-state index in [4.69, 9.17) is 5.73 Å². The molecular formula is C22H40IN5O5. The van der Waals surface area contributed by atoms with Crippen LogP contribution in [0.3, 0.4) is 0 Å². The second-order valence-corrected chi connectivity index (χ2v) is 10.1. The molecule has 0 aromatic carbocycles. The van der Waals surface area contributed by atoms with E-state index in [0.717, 1.165) is 0 Å². The Kier molecular flexibility index (Phi) is 14.9. The third-order valence-electron chi connectivity index (χ3n) is 4.88. The van der Waals surface area contributed by atoms with Crippen LogP contribution in [-0.2, 0) is 19.2 Å². The van der Waals surface area contributed by atoms with Gasteiger partial charge in [0.2, 0.25) is 17.7 Å². The van der Waals surface area contributed by atoms with Crippen LogP contribution in [0.1, 0.15) is 66.7 Å². The van der Waals surface area contributed by atoms with Crippen molar-refractivity contribution in [3.8, 4) is 0 Å². The Hall–Kier alpha value is -1.92. The molecule has 0 bridgehead atoms. The van der Waals surface area contributed by atoms with E-state index in [1.807, 2.05) is 36.4 Å². The molecule has 0 saturated carbocycles. The number of halogens is 1. The fourth-order valence-corrected chi connectivity index (χ4v) is 3.31. The minimum atomic E-state index is -0.782. The molecule has 0 rings (SSSR count). The molecular weight excluding hydrogens is 541 g/mol. The lowest BCUT2D eigenvalue weighted by Crippen LogP contribution is -2.55. The minimum absolute atomic E-state index is 0.0404. The Morgan fingerprint density at radius 1 is 0.879 bits per heavy atom. The third-order valence-corrected chi connectivity index (χ3v) is 5.57. The van der Waals surface area contributed by atoms with E-state index < -0.39 is 29.4 Å². The number of unbranched alkanes of at least 4 members (excludes halogenated alkanes) is 1. The first kappa shape index (κ1) is 31.1. The van der Waals surface area contributed by atoms with Crippen molar-refractivity contribution >= 4 is 52.1 Å². The highest BCUT2D eigenvalue weighted by atomic mass is 127. The van der Waals surface area contributed by atoms with Crippen molar-refractivity contribution in [3.05, 3.63) is 0 Å². The lowest BCUT2D eigenvalue weighted by atomic mass is 9.84. The molecule has 5 amide bonds. The molecule has 0 radical (unpaired) electrons. The number of nitrogens with one attached hydrogen (secondary N) is 4. The lowest BCUT2D eigenvalue weighted by Gasteiger charge is -2.28. The Labute approximate surface area is 210 Å². The number of amides is 5. The van der Waals surface area contributed by atoms with Gasteiger partial charge in [-0.25, -0.2) is 4.79 Å². The number of primary amides is 1. The van der Waals surface area contributed by atoms with Crippen LogP contribution in [0.5, 0.6) is 0 Å². The zero-order valence-corrected chi connectivity index (χ0v) is 22.5. The van der Waals surface area contributed by atoms with Crippen LogP contribution in [0.15, 0.2) is 0 Å². The third kappa shape index (κ3) is 14.1. The number of alkyl halides is 1. The molecule has 0 aromatic rings. The van der Waals surface area contributed by atoms with Crippen molar-refractivity contribution in [2.75, 3.05) is 17.5 Å². The van der Waals surface area contributed by atoms with Crippen LogP contribution < -0.4 is 27.0 Å². The molecule has 0 aliphatic heterocycles. The number of Topliss-reactive ketones (excluding diaryl/α,β-unsaturated/α-hetero) is 1. The van der Waals surface area contributed by atoms with Crippen LogP contribution in [0.4, 0.5) is 4.79 Å². The zero-order chi connectivity index (χ0) is 25.6. The van der Waals surface area contributed by atoms with Crippen molar-refractivity contribution < 1.29 is 24.0 Å². The van der Waals surface area contributed by atoms with Crippen molar-refractivity contribution in [3.63, 3.8) is 0 Å². The van der Waals surface area contributed by atoms with Gasteiger partial charge in [-0.1, -0.05) is 57.2 Å². The molecule has 0 spiro atoms. The van der Waals surface area contributed by atoms with Crippen molar-refractivity contribution in [2.24, 2.45) is 17.1 Å². The summed E-state index contributed by atoms with van der Waals surface area (Å²) in [7, 11) is 0. The van der Waals surface area contributed by atoms with E-state index in [2.05, 4.69) is 21.3 Å². The number of urea groups is 1. The maximum absolute atomic E-state index is 13.0. The van der Waals surface area contributed by atoms with Crippen molar-refractivity contribution in [1.29, 1.82) is 0 Å². The summed E-state index contributed by atoms with van der Waals surface area (Å²) in [6, 6.07) is -2.17. The Balaban J connectivity index is 4.92. The second kappa shape index (κ2) is 15.8. The molecule has 0 heterocycles. The smallest absolute Gasteiger partial charge is 0.312 e. The fraction of sp³-hybridized carbons (Fsp3) is 0.773. The molecule has 0 fully saturated rings. The van der Waals surface area contributed by atoms with E-state index in [1.54, 1.807) is 20.8 Å². The minimum Gasteiger partial charge on any atom is -0.355 e. The molecule has 0 aromatic heterocycles. The van der Waals surface area contributed by atoms with E-state index in [-0.39, 0.29) is 29.9 Å². The summed E-state index contributed by atoms with van der Waals surface area (Å²) in [5.41, 5.74) is 4.40. The van der Waals surface area contributed by atoms with Gasteiger partial charge >= 0.3 is 6.03 Å². The monoisotopic (exact) mass is 581 g/mol. The van der Waals surface area contributed by atoms with Crippen LogP contribution in [0.2, 0.25) is 0 Å². The quantitative estimate of drug-likeness (QED) is 0.112. The predicted molar refractivity (Wildman–Crippen MR) is 136 cm³/mol. The first-order chi connectivity index (χ1) is 15.3. The van der Waals surface area contributed by atoms with Crippen LogP contribution in [0, 0.1) is 11.3 Å². The number of rotatable bonds is 15. The summed E-state index contributed by atoms with van der Waals surface area (Å²) in [6.07, 6.45) is 2.28. The van der Waals surface area contributed by atoms with Gasteiger partial charge in [0.1, 0.15) is 6.04 Å². The number of hydrogen-bond acceptors (Lipinski definition) is 5. The van der Waals surface area contributed by atoms with Gasteiger partial charge in [0.15, 0.2) is 5.78 Å². The van der Waals surface area contributed by atoms with E-state index >= 15 is 0 Å². The maximum atomic E-state index is 13.0. The molecule has 0 aliphatic carbocycles. The normalized spacial score (nSPS) is 13.1. The largest absolute Gasteiger partial charge is 0.355 e. The lowest BCUT2D eigenvalue weighted by molar-refractivity contribution is -0.135. The van der Waals surface area contributed by atoms with Gasteiger partial charge in [0.05, 0.1) is 10.5 Å². The van der Waals surface area contributed by atoms with Gasteiger partial charge < -0.3 is 27.0 Å². The van der Waals surface area contributed by atoms with Gasteiger partial charge in [-0.15, -0.1) is 0 Å². The maximum Gasteiger partial charge on any atom is 0.312 e. The van der Waals surface area contributed by atoms with Crippen molar-refractivity contribution in [2.45, 2.75) is 78.8 Å². The van der Waals surface area contributed by atoms with E-state index in [0.29, 0.717) is 43.2 Å². The summed E-state index contributed by atoms with van der Waals surface area (Å²) < 4.78 is 0.393. The first-order valence-corrected chi connectivity index (χ1v) is 12.8. The molecule has 11 heteroatoms. The highest BCUT2D eigenvalue weighted by molar-refractivity contribution is 14.1. The van der Waals surface area contributed by atoms with E-state index in [9.17, 15) is 24.0 Å². The summed E-state index contributed by atoms with van der Waals surface area (Å²) in [5.74, 6) is -1.02. The Morgan fingerprint density at radius 2 is 1.48 bits per heavy atom. The summed E-state index contributed by atoms with van der Waals surface area (Å²) in [6.45, 7) is 9.77. The summed E-state index contributed by atoms with van der Waals surface area (Å²) in [5, 5.41) is 10.8. The number of hydrogen-bond donors (Lipinski definition) is 5. The van der Waals surface area contributed by atoms with Gasteiger partial charge in [-0.05, 0) is 31.6 Å². The first-order valence-electron chi connectivity index (χ1n) is 11.3. The number of ketones is 1. The number of carbonyl (C=O) groups excluding carboxylic acids is 5. The average Bonchev–Trinajstić information content (AvgIpc) is 2.71. The van der Waals surface area contributed by atoms with E-state index in [1.165, 1.54) is 0 Å². The van der Waals surface area contributed by atoms with Crippen LogP contribution in [0.25, 0.3) is 0 Å². The molecule has 190 valence electrons. The Morgan fingerprint density at radius 3 is 2.00 bits per heavy atom.